The number of piperidine rings is 1. The summed E-state index contributed by atoms with van der Waals surface area (Å²) in [5.74, 6) is 0.306. The molecule has 1 saturated heterocycles. The molecule has 1 fully saturated rings. The summed E-state index contributed by atoms with van der Waals surface area (Å²) in [6.45, 7) is 7.15. The maximum atomic E-state index is 12.4. The largest absolute Gasteiger partial charge is 0.451 e. The minimum atomic E-state index is -0.119. The smallest absolute Gasteiger partial charge is 0.287 e. The van der Waals surface area contributed by atoms with E-state index in [0.717, 1.165) is 34.0 Å². The van der Waals surface area contributed by atoms with Crippen molar-refractivity contribution in [3.8, 4) is 0 Å². The second-order valence-electron chi connectivity index (χ2n) is 6.69. The highest BCUT2D eigenvalue weighted by Gasteiger charge is 2.19. The third-order valence-electron chi connectivity index (χ3n) is 4.95. The Labute approximate surface area is 151 Å². The van der Waals surface area contributed by atoms with Gasteiger partial charge >= 0.3 is 0 Å². The minimum Gasteiger partial charge on any atom is -0.451 e. The first kappa shape index (κ1) is 17.5. The predicted octanol–water partition coefficient (Wildman–Crippen LogP) is 4.50. The number of carbonyl (C=O) groups excluding carboxylic acids is 1. The number of nitrogens with one attached hydrogen (secondary N) is 1. The second kappa shape index (κ2) is 7.70. The highest BCUT2D eigenvalue weighted by atomic mass is 79.9. The van der Waals surface area contributed by atoms with E-state index in [1.165, 1.54) is 25.8 Å². The van der Waals surface area contributed by atoms with E-state index in [9.17, 15) is 4.79 Å². The van der Waals surface area contributed by atoms with Crippen molar-refractivity contribution in [1.29, 1.82) is 0 Å². The topological polar surface area (TPSA) is 45.5 Å². The van der Waals surface area contributed by atoms with Crippen molar-refractivity contribution >= 4 is 32.8 Å². The fraction of sp³-hybridized carbons (Fsp3) is 0.526. The number of aryl methyl sites for hydroxylation is 1. The van der Waals surface area contributed by atoms with Crippen LogP contribution in [0.15, 0.2) is 27.1 Å². The molecule has 1 N–H and O–H groups in total. The molecule has 0 aliphatic carbocycles. The second-order valence-corrected chi connectivity index (χ2v) is 7.60. The number of furan rings is 1. The summed E-state index contributed by atoms with van der Waals surface area (Å²) >= 11 is 3.46. The summed E-state index contributed by atoms with van der Waals surface area (Å²) < 4.78 is 6.72. The van der Waals surface area contributed by atoms with Crippen molar-refractivity contribution in [3.63, 3.8) is 0 Å². The van der Waals surface area contributed by atoms with Crippen molar-refractivity contribution in [2.75, 3.05) is 19.6 Å². The fourth-order valence-electron chi connectivity index (χ4n) is 3.46. The third kappa shape index (κ3) is 3.83. The number of likely N-dealkylation sites (tertiary alicyclic amines) is 1. The highest BCUT2D eigenvalue weighted by Crippen LogP contribution is 2.28. The summed E-state index contributed by atoms with van der Waals surface area (Å²) in [5.41, 5.74) is 1.65. The summed E-state index contributed by atoms with van der Waals surface area (Å²) in [5, 5.41) is 3.98. The Balaban J connectivity index is 1.54. The average molecular weight is 393 g/mol. The van der Waals surface area contributed by atoms with E-state index < -0.39 is 0 Å². The van der Waals surface area contributed by atoms with Gasteiger partial charge < -0.3 is 14.6 Å². The number of benzene rings is 1. The molecule has 1 aromatic heterocycles. The van der Waals surface area contributed by atoms with Gasteiger partial charge in [0, 0.05) is 34.6 Å². The molecule has 0 bridgehead atoms. The molecule has 1 amide bonds. The van der Waals surface area contributed by atoms with Gasteiger partial charge in [-0.05, 0) is 57.9 Å². The van der Waals surface area contributed by atoms with Crippen LogP contribution in [0.3, 0.4) is 0 Å². The molecule has 2 aromatic rings. The average Bonchev–Trinajstić information content (AvgIpc) is 2.89. The number of carbonyl (C=O) groups is 1. The molecular formula is C19H25BrN2O2. The molecule has 4 nitrogen and oxygen atoms in total. The minimum absolute atomic E-state index is 0.119. The normalized spacial score (nSPS) is 18.9. The third-order valence-corrected chi connectivity index (χ3v) is 5.45. The molecule has 0 radical (unpaired) electrons. The first-order chi connectivity index (χ1) is 11.6. The molecule has 1 aliphatic rings. The van der Waals surface area contributed by atoms with Crippen LogP contribution in [0.2, 0.25) is 0 Å². The molecule has 2 heterocycles. The van der Waals surface area contributed by atoms with E-state index in [1.54, 1.807) is 0 Å². The van der Waals surface area contributed by atoms with Gasteiger partial charge in [-0.3, -0.25) is 4.79 Å². The maximum Gasteiger partial charge on any atom is 0.287 e. The molecule has 1 aromatic carbocycles. The van der Waals surface area contributed by atoms with Gasteiger partial charge in [-0.25, -0.2) is 0 Å². The van der Waals surface area contributed by atoms with Crippen molar-refractivity contribution < 1.29 is 9.21 Å². The van der Waals surface area contributed by atoms with Gasteiger partial charge in [0.05, 0.1) is 0 Å². The van der Waals surface area contributed by atoms with Gasteiger partial charge in [0.15, 0.2) is 5.76 Å². The Morgan fingerprint density at radius 3 is 3.04 bits per heavy atom. The molecule has 1 aliphatic heterocycles. The highest BCUT2D eigenvalue weighted by molar-refractivity contribution is 9.10. The Hall–Kier alpha value is -1.33. The number of rotatable bonds is 5. The van der Waals surface area contributed by atoms with Gasteiger partial charge in [-0.2, -0.15) is 0 Å². The van der Waals surface area contributed by atoms with Crippen LogP contribution in [-0.2, 0) is 0 Å². The zero-order valence-electron chi connectivity index (χ0n) is 14.4. The molecule has 24 heavy (non-hydrogen) atoms. The van der Waals surface area contributed by atoms with Gasteiger partial charge in [0.25, 0.3) is 5.91 Å². The van der Waals surface area contributed by atoms with E-state index in [1.807, 2.05) is 25.1 Å². The maximum absolute atomic E-state index is 12.4. The number of halogens is 1. The number of hydrogen-bond acceptors (Lipinski definition) is 3. The van der Waals surface area contributed by atoms with Crippen LogP contribution in [0.5, 0.6) is 0 Å². The van der Waals surface area contributed by atoms with Crippen LogP contribution in [0.1, 0.15) is 48.7 Å². The zero-order chi connectivity index (χ0) is 17.1. The van der Waals surface area contributed by atoms with Crippen LogP contribution in [-0.4, -0.2) is 36.5 Å². The number of nitrogens with zero attached hydrogens (tertiary/aromatic N) is 1. The van der Waals surface area contributed by atoms with Crippen molar-refractivity contribution in [2.24, 2.45) is 0 Å². The fourth-order valence-corrected chi connectivity index (χ4v) is 3.82. The lowest BCUT2D eigenvalue weighted by atomic mass is 10.0. The Morgan fingerprint density at radius 1 is 1.42 bits per heavy atom. The number of hydrogen-bond donors (Lipinski definition) is 1. The lowest BCUT2D eigenvalue weighted by molar-refractivity contribution is 0.0922. The van der Waals surface area contributed by atoms with Crippen LogP contribution < -0.4 is 5.32 Å². The van der Waals surface area contributed by atoms with Crippen LogP contribution >= 0.6 is 15.9 Å². The summed E-state index contributed by atoms with van der Waals surface area (Å²) in [7, 11) is 0. The molecule has 1 atom stereocenters. The standard InChI is InChI=1S/C19H25BrN2O2/c1-13-6-3-4-10-22(13)11-5-9-21-19(23)18-14(2)16-12-15(20)7-8-17(16)24-18/h7-8,12-13H,3-6,9-11H2,1-2H3,(H,21,23). The zero-order valence-corrected chi connectivity index (χ0v) is 16.0. The summed E-state index contributed by atoms with van der Waals surface area (Å²) in [6, 6.07) is 6.47. The van der Waals surface area contributed by atoms with E-state index in [-0.39, 0.29) is 5.91 Å². The molecule has 5 heteroatoms. The van der Waals surface area contributed by atoms with Crippen molar-refractivity contribution in [1.82, 2.24) is 10.2 Å². The number of fused-ring (bicyclic) bond motifs is 1. The quantitative estimate of drug-likeness (QED) is 0.761. The number of amides is 1. The first-order valence-corrected chi connectivity index (χ1v) is 9.56. The molecule has 130 valence electrons. The SMILES string of the molecule is Cc1c(C(=O)NCCCN2CCCCC2C)oc2ccc(Br)cc12. The van der Waals surface area contributed by atoms with E-state index in [4.69, 9.17) is 4.42 Å². The lowest BCUT2D eigenvalue weighted by Crippen LogP contribution is -2.39. The molecular weight excluding hydrogens is 368 g/mol. The molecule has 1 unspecified atom stereocenters. The summed E-state index contributed by atoms with van der Waals surface area (Å²) in [4.78, 5) is 14.9. The molecule has 0 saturated carbocycles. The van der Waals surface area contributed by atoms with Crippen molar-refractivity contribution in [3.05, 3.63) is 34.0 Å². The van der Waals surface area contributed by atoms with E-state index in [2.05, 4.69) is 33.1 Å². The van der Waals surface area contributed by atoms with E-state index >= 15 is 0 Å². The predicted molar refractivity (Wildman–Crippen MR) is 100 cm³/mol. The molecule has 3 rings (SSSR count). The van der Waals surface area contributed by atoms with Gasteiger partial charge in [0.1, 0.15) is 5.58 Å². The van der Waals surface area contributed by atoms with Gasteiger partial charge in [-0.15, -0.1) is 0 Å². The van der Waals surface area contributed by atoms with Gasteiger partial charge in [0.2, 0.25) is 0 Å². The van der Waals surface area contributed by atoms with Crippen LogP contribution in [0, 0.1) is 6.92 Å². The van der Waals surface area contributed by atoms with Crippen LogP contribution in [0.25, 0.3) is 11.0 Å². The lowest BCUT2D eigenvalue weighted by Gasteiger charge is -2.33. The van der Waals surface area contributed by atoms with Crippen LogP contribution in [0.4, 0.5) is 0 Å². The van der Waals surface area contributed by atoms with Crippen molar-refractivity contribution in [2.45, 2.75) is 45.6 Å². The first-order valence-electron chi connectivity index (χ1n) is 8.77. The Morgan fingerprint density at radius 2 is 2.25 bits per heavy atom. The van der Waals surface area contributed by atoms with E-state index in [0.29, 0.717) is 18.3 Å². The van der Waals surface area contributed by atoms with Gasteiger partial charge in [-0.1, -0.05) is 22.4 Å². The Kier molecular flexibility index (Phi) is 5.61. The summed E-state index contributed by atoms with van der Waals surface area (Å²) in [6.07, 6.45) is 4.90. The molecule has 0 spiro atoms. The Bertz CT molecular complexity index is 725. The monoisotopic (exact) mass is 392 g/mol.